The van der Waals surface area contributed by atoms with Crippen LogP contribution in [0.2, 0.25) is 0 Å². The number of hydrogen-bond acceptors (Lipinski definition) is 5. The minimum Gasteiger partial charge on any atom is -0.480 e. The number of nitrogens with one attached hydrogen (secondary N) is 1. The summed E-state index contributed by atoms with van der Waals surface area (Å²) >= 11 is 1.50. The Hall–Kier alpha value is -3.00. The Labute approximate surface area is 202 Å². The maximum Gasteiger partial charge on any atom is 0.407 e. The molecule has 2 fully saturated rings. The van der Waals surface area contributed by atoms with Crippen molar-refractivity contribution in [2.45, 2.75) is 55.5 Å². The second-order valence-corrected chi connectivity index (χ2v) is 10.5. The first kappa shape index (κ1) is 22.8. The van der Waals surface area contributed by atoms with E-state index in [1.165, 1.54) is 27.8 Å². The van der Waals surface area contributed by atoms with E-state index < -0.39 is 23.6 Å². The van der Waals surface area contributed by atoms with Gasteiger partial charge in [0.05, 0.1) is 17.3 Å². The van der Waals surface area contributed by atoms with Crippen LogP contribution >= 0.6 is 11.8 Å². The molecule has 1 heterocycles. The number of alkyl carbamates (subject to hydrolysis) is 1. The lowest BCUT2D eigenvalue weighted by molar-refractivity contribution is -0.149. The Morgan fingerprint density at radius 3 is 2.26 bits per heavy atom. The summed E-state index contributed by atoms with van der Waals surface area (Å²) in [6.45, 7) is 2.16. The molecule has 8 heteroatoms. The van der Waals surface area contributed by atoms with Gasteiger partial charge in [-0.2, -0.15) is 0 Å². The fourth-order valence-corrected chi connectivity index (χ4v) is 6.50. The van der Waals surface area contributed by atoms with Crippen LogP contribution in [-0.2, 0) is 14.3 Å². The number of amides is 2. The van der Waals surface area contributed by atoms with Crippen LogP contribution in [0.1, 0.15) is 49.7 Å². The molecule has 2 N–H and O–H groups in total. The third-order valence-electron chi connectivity index (χ3n) is 7.07. The molecule has 0 radical (unpaired) electrons. The number of carboxylic acid groups (broad SMARTS) is 1. The van der Waals surface area contributed by atoms with Gasteiger partial charge >= 0.3 is 12.1 Å². The van der Waals surface area contributed by atoms with Crippen molar-refractivity contribution in [2.75, 3.05) is 12.4 Å². The Balaban J connectivity index is 1.22. The smallest absolute Gasteiger partial charge is 0.407 e. The first-order chi connectivity index (χ1) is 16.4. The lowest BCUT2D eigenvalue weighted by atomic mass is 9.98. The van der Waals surface area contributed by atoms with Gasteiger partial charge in [-0.3, -0.25) is 4.79 Å². The Kier molecular flexibility index (Phi) is 6.02. The molecular weight excluding hydrogens is 452 g/mol. The first-order valence-corrected chi connectivity index (χ1v) is 12.8. The van der Waals surface area contributed by atoms with Gasteiger partial charge in [0, 0.05) is 11.7 Å². The number of carbonyl (C=O) groups excluding carboxylic acids is 2. The first-order valence-electron chi connectivity index (χ1n) is 11.7. The number of hydrogen-bond donors (Lipinski definition) is 2. The van der Waals surface area contributed by atoms with Crippen molar-refractivity contribution in [2.24, 2.45) is 0 Å². The van der Waals surface area contributed by atoms with E-state index in [1.807, 2.05) is 31.2 Å². The fourth-order valence-electron chi connectivity index (χ4n) is 5.13. The number of nitrogens with zero attached hydrogens (tertiary/aromatic N) is 1. The molecule has 0 aromatic heterocycles. The van der Waals surface area contributed by atoms with E-state index in [1.54, 1.807) is 0 Å². The Morgan fingerprint density at radius 1 is 1.09 bits per heavy atom. The molecule has 2 amide bonds. The van der Waals surface area contributed by atoms with E-state index in [4.69, 9.17) is 4.74 Å². The Bertz CT molecular complexity index is 1090. The molecule has 7 nitrogen and oxygen atoms in total. The van der Waals surface area contributed by atoms with Crippen molar-refractivity contribution in [3.05, 3.63) is 59.7 Å². The molecule has 2 unspecified atom stereocenters. The van der Waals surface area contributed by atoms with Gasteiger partial charge in [0.2, 0.25) is 5.91 Å². The average Bonchev–Trinajstić information content (AvgIpc) is 3.30. The molecule has 5 rings (SSSR count). The molecule has 1 saturated heterocycles. The molecule has 1 aliphatic heterocycles. The molecule has 2 aromatic rings. The van der Waals surface area contributed by atoms with E-state index in [2.05, 4.69) is 29.6 Å². The lowest BCUT2D eigenvalue weighted by Gasteiger charge is -2.29. The minimum atomic E-state index is -0.980. The largest absolute Gasteiger partial charge is 0.480 e. The zero-order chi connectivity index (χ0) is 23.9. The molecule has 34 heavy (non-hydrogen) atoms. The highest BCUT2D eigenvalue weighted by molar-refractivity contribution is 8.00. The number of aliphatic carboxylic acids is 1. The van der Waals surface area contributed by atoms with Crippen LogP contribution in [0.4, 0.5) is 4.79 Å². The summed E-state index contributed by atoms with van der Waals surface area (Å²) in [5.74, 6) is -0.836. The van der Waals surface area contributed by atoms with E-state index >= 15 is 0 Å². The van der Waals surface area contributed by atoms with Crippen LogP contribution in [0.5, 0.6) is 0 Å². The molecule has 3 aliphatic rings. The fraction of sp³-hybridized carbons (Fsp3) is 0.423. The summed E-state index contributed by atoms with van der Waals surface area (Å²) in [5, 5.41) is 12.3. The van der Waals surface area contributed by atoms with Gasteiger partial charge in [-0.25, -0.2) is 9.59 Å². The normalized spacial score (nSPS) is 22.1. The van der Waals surface area contributed by atoms with Crippen LogP contribution in [0.25, 0.3) is 11.1 Å². The SMILES string of the molecule is CCC1SCC(C(=O)O)N1C(=O)CC1(NC(=O)OCC2c3ccccc3-c3ccccc32)CC1. The second-order valence-electron chi connectivity index (χ2n) is 9.26. The third kappa shape index (κ3) is 4.15. The zero-order valence-electron chi connectivity index (χ0n) is 19.0. The number of fused-ring (bicyclic) bond motifs is 3. The summed E-state index contributed by atoms with van der Waals surface area (Å²) in [5.41, 5.74) is 3.97. The highest BCUT2D eigenvalue weighted by Crippen LogP contribution is 2.45. The van der Waals surface area contributed by atoms with Crippen LogP contribution in [0, 0.1) is 0 Å². The standard InChI is InChI=1S/C26H28N2O5S/c1-2-23-28(21(15-34-23)24(30)31)22(29)13-26(11-12-26)27-25(32)33-14-20-18-9-5-3-7-16(18)17-8-4-6-10-19(17)20/h3-10,20-21,23H,2,11-15H2,1H3,(H,27,32)(H,30,31). The predicted molar refractivity (Wildman–Crippen MR) is 130 cm³/mol. The van der Waals surface area contributed by atoms with Crippen LogP contribution in [-0.4, -0.2) is 57.3 Å². The Morgan fingerprint density at radius 2 is 1.71 bits per heavy atom. The number of ether oxygens (including phenoxy) is 1. The van der Waals surface area contributed by atoms with Gasteiger partial charge < -0.3 is 20.1 Å². The van der Waals surface area contributed by atoms with Crippen LogP contribution < -0.4 is 5.32 Å². The van der Waals surface area contributed by atoms with E-state index in [-0.39, 0.29) is 30.2 Å². The lowest BCUT2D eigenvalue weighted by Crippen LogP contribution is -2.49. The van der Waals surface area contributed by atoms with Crippen LogP contribution in [0.3, 0.4) is 0 Å². The van der Waals surface area contributed by atoms with Gasteiger partial charge in [-0.05, 0) is 41.5 Å². The molecule has 178 valence electrons. The van der Waals surface area contributed by atoms with E-state index in [0.29, 0.717) is 25.0 Å². The summed E-state index contributed by atoms with van der Waals surface area (Å²) in [4.78, 5) is 38.9. The minimum absolute atomic E-state index is 0.0294. The summed E-state index contributed by atoms with van der Waals surface area (Å²) < 4.78 is 5.65. The number of carboxylic acids is 1. The number of rotatable bonds is 7. The molecular formula is C26H28N2O5S. The van der Waals surface area contributed by atoms with Crippen LogP contribution in [0.15, 0.2) is 48.5 Å². The highest BCUT2D eigenvalue weighted by Gasteiger charge is 2.50. The van der Waals surface area contributed by atoms with E-state index in [0.717, 1.165) is 11.1 Å². The summed E-state index contributed by atoms with van der Waals surface area (Å²) in [7, 11) is 0. The van der Waals surface area contributed by atoms with Gasteiger partial charge in [-0.15, -0.1) is 11.8 Å². The maximum atomic E-state index is 13.1. The monoisotopic (exact) mass is 480 g/mol. The maximum absolute atomic E-state index is 13.1. The van der Waals surface area contributed by atoms with E-state index in [9.17, 15) is 19.5 Å². The quantitative estimate of drug-likeness (QED) is 0.616. The number of carbonyl (C=O) groups is 3. The molecule has 2 aromatic carbocycles. The molecule has 1 saturated carbocycles. The van der Waals surface area contributed by atoms with Crippen molar-refractivity contribution < 1.29 is 24.2 Å². The number of benzene rings is 2. The van der Waals surface area contributed by atoms with Gasteiger partial charge in [0.25, 0.3) is 0 Å². The topological polar surface area (TPSA) is 95.9 Å². The van der Waals surface area contributed by atoms with Crippen molar-refractivity contribution in [3.63, 3.8) is 0 Å². The van der Waals surface area contributed by atoms with Crippen molar-refractivity contribution >= 4 is 29.7 Å². The van der Waals surface area contributed by atoms with Gasteiger partial charge in [0.15, 0.2) is 0 Å². The van der Waals surface area contributed by atoms with Crippen molar-refractivity contribution in [1.82, 2.24) is 10.2 Å². The zero-order valence-corrected chi connectivity index (χ0v) is 19.8. The van der Waals surface area contributed by atoms with Gasteiger partial charge in [0.1, 0.15) is 12.6 Å². The average molecular weight is 481 g/mol. The molecule has 2 atom stereocenters. The molecule has 2 aliphatic carbocycles. The number of thioether (sulfide) groups is 1. The van der Waals surface area contributed by atoms with Gasteiger partial charge in [-0.1, -0.05) is 55.5 Å². The summed E-state index contributed by atoms with van der Waals surface area (Å²) in [6, 6.07) is 15.5. The van der Waals surface area contributed by atoms with Crippen molar-refractivity contribution in [1.29, 1.82) is 0 Å². The molecule has 0 bridgehead atoms. The third-order valence-corrected chi connectivity index (χ3v) is 8.52. The predicted octanol–water partition coefficient (Wildman–Crippen LogP) is 4.21. The second kappa shape index (κ2) is 8.98. The highest BCUT2D eigenvalue weighted by atomic mass is 32.2. The van der Waals surface area contributed by atoms with Crippen molar-refractivity contribution in [3.8, 4) is 11.1 Å². The summed E-state index contributed by atoms with van der Waals surface area (Å²) in [6.07, 6.45) is 1.60. The molecule has 0 spiro atoms.